The second-order valence-electron chi connectivity index (χ2n) is 6.80. The van der Waals surface area contributed by atoms with Gasteiger partial charge in [-0.25, -0.2) is 4.98 Å². The third-order valence-corrected chi connectivity index (χ3v) is 4.64. The van der Waals surface area contributed by atoms with Gasteiger partial charge < -0.3 is 20.5 Å². The number of H-pyrrole nitrogens is 1. The van der Waals surface area contributed by atoms with Gasteiger partial charge in [0, 0.05) is 36.7 Å². The topological polar surface area (TPSA) is 90.1 Å². The van der Waals surface area contributed by atoms with Crippen LogP contribution < -0.4 is 10.6 Å². The number of halogens is 1. The third kappa shape index (κ3) is 4.49. The van der Waals surface area contributed by atoms with E-state index in [1.54, 1.807) is 30.6 Å². The Morgan fingerprint density at radius 3 is 2.75 bits per heavy atom. The van der Waals surface area contributed by atoms with Gasteiger partial charge in [0.15, 0.2) is 0 Å². The average molecular weight is 400 g/mol. The largest absolute Gasteiger partial charge is 0.345 e. The molecule has 0 radical (unpaired) electrons. The van der Waals surface area contributed by atoms with Crippen molar-refractivity contribution in [1.82, 2.24) is 14.9 Å². The lowest BCUT2D eigenvalue weighted by Crippen LogP contribution is -2.21. The van der Waals surface area contributed by atoms with Crippen molar-refractivity contribution >= 4 is 45.8 Å². The van der Waals surface area contributed by atoms with Crippen molar-refractivity contribution in [3.05, 3.63) is 52.8 Å². The number of benzene rings is 1. The van der Waals surface area contributed by atoms with Gasteiger partial charge in [-0.2, -0.15) is 0 Å². The number of hydrogen-bond acceptors (Lipinski definition) is 4. The summed E-state index contributed by atoms with van der Waals surface area (Å²) in [7, 11) is 3.84. The molecule has 28 heavy (non-hydrogen) atoms. The number of carbonyl (C=O) groups is 2. The van der Waals surface area contributed by atoms with Crippen molar-refractivity contribution in [3.63, 3.8) is 0 Å². The molecule has 2 aromatic heterocycles. The number of aryl methyl sites for hydroxylation is 1. The Bertz CT molecular complexity index is 1030. The number of aromatic nitrogens is 2. The first-order valence-corrected chi connectivity index (χ1v) is 9.21. The first kappa shape index (κ1) is 19.9. The van der Waals surface area contributed by atoms with E-state index in [4.69, 9.17) is 11.6 Å². The molecular formula is C20H22ClN5O2. The Hall–Kier alpha value is -2.90. The van der Waals surface area contributed by atoms with Crippen molar-refractivity contribution in [2.24, 2.45) is 0 Å². The second-order valence-corrected chi connectivity index (χ2v) is 7.21. The molecule has 0 aliphatic rings. The van der Waals surface area contributed by atoms with Crippen LogP contribution in [0.3, 0.4) is 0 Å². The lowest BCUT2D eigenvalue weighted by Gasteiger charge is -2.13. The minimum atomic E-state index is -0.310. The highest BCUT2D eigenvalue weighted by atomic mass is 35.5. The van der Waals surface area contributed by atoms with Crippen molar-refractivity contribution in [1.29, 1.82) is 0 Å². The van der Waals surface area contributed by atoms with Crippen LogP contribution in [0.1, 0.15) is 22.3 Å². The van der Waals surface area contributed by atoms with Crippen LogP contribution in [0.5, 0.6) is 0 Å². The highest BCUT2D eigenvalue weighted by Gasteiger charge is 2.16. The summed E-state index contributed by atoms with van der Waals surface area (Å²) in [5.74, 6) is -0.385. The van der Waals surface area contributed by atoms with Crippen molar-refractivity contribution in [2.75, 3.05) is 31.3 Å². The maximum Gasteiger partial charge on any atom is 0.257 e. The van der Waals surface area contributed by atoms with Gasteiger partial charge in [-0.05, 0) is 44.8 Å². The molecule has 0 atom stereocenters. The number of pyridine rings is 1. The first-order chi connectivity index (χ1) is 13.3. The van der Waals surface area contributed by atoms with Crippen LogP contribution in [0.25, 0.3) is 11.0 Å². The van der Waals surface area contributed by atoms with Gasteiger partial charge in [-0.1, -0.05) is 17.7 Å². The lowest BCUT2D eigenvalue weighted by molar-refractivity contribution is -0.116. The Labute approximate surface area is 168 Å². The number of carbonyl (C=O) groups excluding carboxylic acids is 2. The van der Waals surface area contributed by atoms with E-state index in [1.807, 2.05) is 32.0 Å². The molecule has 146 valence electrons. The average Bonchev–Trinajstić information content (AvgIpc) is 3.08. The fraction of sp³-hybridized carbons (Fsp3) is 0.250. The molecule has 3 aromatic rings. The molecule has 3 N–H and O–H groups in total. The summed E-state index contributed by atoms with van der Waals surface area (Å²) < 4.78 is 0. The zero-order valence-electron chi connectivity index (χ0n) is 16.0. The maximum atomic E-state index is 12.7. The fourth-order valence-corrected chi connectivity index (χ4v) is 3.01. The van der Waals surface area contributed by atoms with Crippen LogP contribution in [0, 0.1) is 6.92 Å². The standard InChI is InChI=1S/C20H22ClN5O2/c1-12-4-5-13(10-16(12)25-17(27)7-9-26(2)3)24-20(28)14-11-23-19-18(14)15(21)6-8-22-19/h4-6,8,10-11H,7,9H2,1-3H3,(H,22,23)(H,24,28)(H,25,27). The first-order valence-electron chi connectivity index (χ1n) is 8.83. The van der Waals surface area contributed by atoms with E-state index in [9.17, 15) is 9.59 Å². The molecule has 0 aliphatic carbocycles. The molecule has 3 rings (SSSR count). The smallest absolute Gasteiger partial charge is 0.257 e. The van der Waals surface area contributed by atoms with Crippen LogP contribution >= 0.6 is 11.6 Å². The third-order valence-electron chi connectivity index (χ3n) is 4.32. The number of rotatable bonds is 6. The van der Waals surface area contributed by atoms with Gasteiger partial charge >= 0.3 is 0 Å². The molecule has 0 unspecified atom stereocenters. The summed E-state index contributed by atoms with van der Waals surface area (Å²) >= 11 is 6.21. The zero-order valence-corrected chi connectivity index (χ0v) is 16.7. The van der Waals surface area contributed by atoms with Crippen molar-refractivity contribution in [3.8, 4) is 0 Å². The monoisotopic (exact) mass is 399 g/mol. The Balaban J connectivity index is 1.77. The van der Waals surface area contributed by atoms with E-state index in [1.165, 1.54) is 0 Å². The summed E-state index contributed by atoms with van der Waals surface area (Å²) in [5.41, 5.74) is 3.12. The summed E-state index contributed by atoms with van der Waals surface area (Å²) in [4.78, 5) is 33.9. The van der Waals surface area contributed by atoms with Crippen LogP contribution in [0.4, 0.5) is 11.4 Å². The summed E-state index contributed by atoms with van der Waals surface area (Å²) in [6.45, 7) is 2.56. The van der Waals surface area contributed by atoms with Crippen molar-refractivity contribution < 1.29 is 9.59 Å². The summed E-state index contributed by atoms with van der Waals surface area (Å²) in [6.07, 6.45) is 3.55. The van der Waals surface area contributed by atoms with Crippen LogP contribution in [-0.4, -0.2) is 47.3 Å². The van der Waals surface area contributed by atoms with Crippen LogP contribution in [0.2, 0.25) is 5.02 Å². The normalized spacial score (nSPS) is 11.0. The van der Waals surface area contributed by atoms with E-state index in [-0.39, 0.29) is 11.8 Å². The molecule has 8 heteroatoms. The molecule has 2 heterocycles. The maximum absolute atomic E-state index is 12.7. The molecule has 1 aromatic carbocycles. The number of anilines is 2. The zero-order chi connectivity index (χ0) is 20.3. The van der Waals surface area contributed by atoms with Gasteiger partial charge in [0.1, 0.15) is 5.65 Å². The second kappa shape index (κ2) is 8.41. The fourth-order valence-electron chi connectivity index (χ4n) is 2.77. The number of aromatic amines is 1. The Morgan fingerprint density at radius 1 is 1.21 bits per heavy atom. The summed E-state index contributed by atoms with van der Waals surface area (Å²) in [5, 5.41) is 6.78. The van der Waals surface area contributed by atoms with Gasteiger partial charge in [0.2, 0.25) is 5.91 Å². The van der Waals surface area contributed by atoms with Crippen molar-refractivity contribution in [2.45, 2.75) is 13.3 Å². The molecule has 7 nitrogen and oxygen atoms in total. The molecule has 0 saturated heterocycles. The van der Waals surface area contributed by atoms with Gasteiger partial charge in [-0.15, -0.1) is 0 Å². The molecular weight excluding hydrogens is 378 g/mol. The quantitative estimate of drug-likeness (QED) is 0.590. The number of amides is 2. The minimum Gasteiger partial charge on any atom is -0.345 e. The lowest BCUT2D eigenvalue weighted by atomic mass is 10.1. The minimum absolute atomic E-state index is 0.0743. The SMILES string of the molecule is Cc1ccc(NC(=O)c2c[nH]c3nccc(Cl)c23)cc1NC(=O)CCN(C)C. The predicted octanol–water partition coefficient (Wildman–Crippen LogP) is 3.67. The van der Waals surface area contributed by atoms with Gasteiger partial charge in [0.05, 0.1) is 16.0 Å². The Morgan fingerprint density at radius 2 is 2.00 bits per heavy atom. The van der Waals surface area contributed by atoms with E-state index < -0.39 is 0 Å². The van der Waals surface area contributed by atoms with E-state index >= 15 is 0 Å². The molecule has 0 saturated carbocycles. The van der Waals surface area contributed by atoms with E-state index in [0.717, 1.165) is 5.56 Å². The molecule has 0 spiro atoms. The van der Waals surface area contributed by atoms with Crippen LogP contribution in [-0.2, 0) is 4.79 Å². The molecule has 0 fully saturated rings. The number of nitrogens with one attached hydrogen (secondary N) is 3. The van der Waals surface area contributed by atoms with Gasteiger partial charge in [-0.3, -0.25) is 9.59 Å². The summed E-state index contributed by atoms with van der Waals surface area (Å²) in [6, 6.07) is 7.02. The van der Waals surface area contributed by atoms with Crippen LogP contribution in [0.15, 0.2) is 36.7 Å². The number of nitrogens with zero attached hydrogens (tertiary/aromatic N) is 2. The predicted molar refractivity (Wildman–Crippen MR) is 112 cm³/mol. The Kier molecular flexibility index (Phi) is 5.96. The highest BCUT2D eigenvalue weighted by Crippen LogP contribution is 2.26. The number of fused-ring (bicyclic) bond motifs is 1. The van der Waals surface area contributed by atoms with Gasteiger partial charge in [0.25, 0.3) is 5.91 Å². The molecule has 0 bridgehead atoms. The molecule has 0 aliphatic heterocycles. The van der Waals surface area contributed by atoms with E-state index in [0.29, 0.717) is 46.0 Å². The highest BCUT2D eigenvalue weighted by molar-refractivity contribution is 6.36. The molecule has 2 amide bonds. The number of hydrogen-bond donors (Lipinski definition) is 3. The van der Waals surface area contributed by atoms with E-state index in [2.05, 4.69) is 20.6 Å².